The Morgan fingerprint density at radius 2 is 2.20 bits per heavy atom. The molecule has 1 unspecified atom stereocenters. The zero-order valence-electron chi connectivity index (χ0n) is 10.8. The van der Waals surface area contributed by atoms with Crippen LogP contribution in [-0.4, -0.2) is 41.4 Å². The van der Waals surface area contributed by atoms with Gasteiger partial charge >= 0.3 is 5.97 Å². The lowest BCUT2D eigenvalue weighted by atomic mass is 10.2. The van der Waals surface area contributed by atoms with E-state index in [1.807, 2.05) is 4.72 Å². The van der Waals surface area contributed by atoms with Gasteiger partial charge in [-0.15, -0.1) is 0 Å². The number of aliphatic carboxylic acids is 1. The minimum Gasteiger partial charge on any atom is -0.480 e. The van der Waals surface area contributed by atoms with E-state index >= 15 is 0 Å². The number of nitrogens with zero attached hydrogens (tertiary/aromatic N) is 1. The summed E-state index contributed by atoms with van der Waals surface area (Å²) >= 11 is 0. The Labute approximate surface area is 115 Å². The summed E-state index contributed by atoms with van der Waals surface area (Å²) < 4.78 is 25.9. The number of imidazole rings is 1. The second-order valence-corrected chi connectivity index (χ2v) is 5.75. The van der Waals surface area contributed by atoms with E-state index in [9.17, 15) is 18.0 Å². The Morgan fingerprint density at radius 1 is 1.55 bits per heavy atom. The summed E-state index contributed by atoms with van der Waals surface area (Å²) in [6.07, 6.45) is 1.16. The Bertz CT molecular complexity index is 595. The highest BCUT2D eigenvalue weighted by atomic mass is 32.2. The number of aromatic amines is 1. The van der Waals surface area contributed by atoms with Crippen LogP contribution in [0.15, 0.2) is 11.2 Å². The molecule has 112 valence electrons. The highest BCUT2D eigenvalue weighted by Gasteiger charge is 2.26. The van der Waals surface area contributed by atoms with E-state index in [1.54, 1.807) is 6.92 Å². The molecule has 0 radical (unpaired) electrons. The fourth-order valence-corrected chi connectivity index (χ4v) is 2.59. The summed E-state index contributed by atoms with van der Waals surface area (Å²) in [7, 11) is -4.04. The maximum atomic E-state index is 12.0. The molecule has 1 heterocycles. The molecule has 20 heavy (non-hydrogen) atoms. The van der Waals surface area contributed by atoms with Crippen LogP contribution >= 0.6 is 0 Å². The molecule has 1 aromatic rings. The Morgan fingerprint density at radius 3 is 2.65 bits per heavy atom. The van der Waals surface area contributed by atoms with Gasteiger partial charge in [-0.05, 0) is 6.42 Å². The lowest BCUT2D eigenvalue weighted by Gasteiger charge is -2.12. The molecule has 1 amide bonds. The normalized spacial score (nSPS) is 13.1. The number of hydrogen-bond acceptors (Lipinski definition) is 5. The molecule has 5 N–H and O–H groups in total. The minimum absolute atomic E-state index is 0.223. The van der Waals surface area contributed by atoms with Gasteiger partial charge in [-0.25, -0.2) is 13.4 Å². The number of primary amides is 1. The highest BCUT2D eigenvalue weighted by molar-refractivity contribution is 7.89. The number of carboxylic acid groups (broad SMARTS) is 1. The Balaban J connectivity index is 2.85. The van der Waals surface area contributed by atoms with Crippen molar-refractivity contribution in [3.05, 3.63) is 12.0 Å². The van der Waals surface area contributed by atoms with Gasteiger partial charge in [0.05, 0.1) is 6.20 Å². The second-order valence-electron chi connectivity index (χ2n) is 4.06. The van der Waals surface area contributed by atoms with Crippen molar-refractivity contribution in [2.24, 2.45) is 5.73 Å². The van der Waals surface area contributed by atoms with E-state index in [2.05, 4.69) is 9.97 Å². The Kier molecular flexibility index (Phi) is 5.22. The first kappa shape index (κ1) is 16.1. The minimum atomic E-state index is -4.04. The Hall–Kier alpha value is -1.94. The molecule has 0 saturated carbocycles. The van der Waals surface area contributed by atoms with E-state index in [1.165, 1.54) is 0 Å². The van der Waals surface area contributed by atoms with Crippen molar-refractivity contribution in [1.29, 1.82) is 0 Å². The predicted octanol–water partition coefficient (Wildman–Crippen LogP) is -1.03. The van der Waals surface area contributed by atoms with Crippen LogP contribution in [0.5, 0.6) is 0 Å². The molecule has 0 fully saturated rings. The van der Waals surface area contributed by atoms with Gasteiger partial charge in [-0.2, -0.15) is 4.72 Å². The molecule has 0 spiro atoms. The first-order chi connectivity index (χ1) is 9.26. The zero-order chi connectivity index (χ0) is 15.3. The van der Waals surface area contributed by atoms with Gasteiger partial charge in [0.15, 0.2) is 5.03 Å². The highest BCUT2D eigenvalue weighted by Crippen LogP contribution is 2.09. The van der Waals surface area contributed by atoms with E-state index in [0.717, 1.165) is 6.20 Å². The number of aryl methyl sites for hydroxylation is 1. The van der Waals surface area contributed by atoms with Gasteiger partial charge in [0, 0.05) is 12.8 Å². The predicted molar refractivity (Wildman–Crippen MR) is 68.1 cm³/mol. The average molecular weight is 304 g/mol. The van der Waals surface area contributed by atoms with E-state index < -0.39 is 27.9 Å². The fraction of sp³-hybridized carbons (Fsp3) is 0.500. The molecule has 1 atom stereocenters. The van der Waals surface area contributed by atoms with E-state index in [4.69, 9.17) is 10.8 Å². The average Bonchev–Trinajstić information content (AvgIpc) is 2.83. The molecule has 1 aromatic heterocycles. The number of carboxylic acids is 1. The van der Waals surface area contributed by atoms with Crippen molar-refractivity contribution in [2.45, 2.75) is 37.3 Å². The first-order valence-electron chi connectivity index (χ1n) is 5.83. The van der Waals surface area contributed by atoms with Crippen LogP contribution < -0.4 is 10.5 Å². The molecule has 0 aliphatic carbocycles. The van der Waals surface area contributed by atoms with E-state index in [-0.39, 0.29) is 17.9 Å². The lowest BCUT2D eigenvalue weighted by molar-refractivity contribution is -0.139. The van der Waals surface area contributed by atoms with Crippen LogP contribution in [0.2, 0.25) is 0 Å². The quantitative estimate of drug-likeness (QED) is 0.481. The molecular weight excluding hydrogens is 288 g/mol. The number of carbonyl (C=O) groups is 2. The molecule has 1 rings (SSSR count). The van der Waals surface area contributed by atoms with Gasteiger partial charge in [0.25, 0.3) is 10.0 Å². The van der Waals surface area contributed by atoms with Gasteiger partial charge in [0.1, 0.15) is 11.9 Å². The summed E-state index contributed by atoms with van der Waals surface area (Å²) in [5.41, 5.74) is 4.91. The topological polar surface area (TPSA) is 155 Å². The van der Waals surface area contributed by atoms with Crippen LogP contribution in [0.3, 0.4) is 0 Å². The number of carbonyl (C=O) groups excluding carboxylic acids is 1. The summed E-state index contributed by atoms with van der Waals surface area (Å²) in [4.78, 5) is 28.0. The van der Waals surface area contributed by atoms with Crippen LogP contribution in [-0.2, 0) is 26.0 Å². The van der Waals surface area contributed by atoms with Crippen molar-refractivity contribution in [2.75, 3.05) is 0 Å². The number of sulfonamides is 1. The number of aromatic nitrogens is 2. The fourth-order valence-electron chi connectivity index (χ4n) is 1.43. The largest absolute Gasteiger partial charge is 0.480 e. The van der Waals surface area contributed by atoms with Crippen LogP contribution in [0, 0.1) is 0 Å². The van der Waals surface area contributed by atoms with Crippen molar-refractivity contribution in [3.63, 3.8) is 0 Å². The first-order valence-corrected chi connectivity index (χ1v) is 7.32. The molecule has 0 aromatic carbocycles. The van der Waals surface area contributed by atoms with Crippen LogP contribution in [0.4, 0.5) is 0 Å². The molecule has 0 aliphatic rings. The molecule has 0 aliphatic heterocycles. The number of nitrogens with two attached hydrogens (primary N) is 1. The number of H-pyrrole nitrogens is 1. The number of amides is 1. The number of nitrogens with one attached hydrogen (secondary N) is 2. The third-order valence-corrected chi connectivity index (χ3v) is 3.89. The molecule has 0 saturated heterocycles. The molecule has 9 nitrogen and oxygen atoms in total. The van der Waals surface area contributed by atoms with Crippen molar-refractivity contribution < 1.29 is 23.1 Å². The van der Waals surface area contributed by atoms with Crippen molar-refractivity contribution in [3.8, 4) is 0 Å². The number of hydrogen-bond donors (Lipinski definition) is 4. The molecular formula is C10H16N4O5S. The van der Waals surface area contributed by atoms with Gasteiger partial charge < -0.3 is 15.8 Å². The maximum absolute atomic E-state index is 12.0. The van der Waals surface area contributed by atoms with Gasteiger partial charge in [0.2, 0.25) is 5.91 Å². The summed E-state index contributed by atoms with van der Waals surface area (Å²) in [5.74, 6) is -1.62. The molecule has 0 bridgehead atoms. The van der Waals surface area contributed by atoms with Crippen molar-refractivity contribution >= 4 is 21.9 Å². The number of rotatable bonds is 8. The summed E-state index contributed by atoms with van der Waals surface area (Å²) in [5, 5.41) is 8.72. The summed E-state index contributed by atoms with van der Waals surface area (Å²) in [6.45, 7) is 1.79. The zero-order valence-corrected chi connectivity index (χ0v) is 11.6. The van der Waals surface area contributed by atoms with E-state index in [0.29, 0.717) is 12.2 Å². The third kappa shape index (κ3) is 4.31. The lowest BCUT2D eigenvalue weighted by Crippen LogP contribution is -2.41. The summed E-state index contributed by atoms with van der Waals surface area (Å²) in [6, 6.07) is -1.43. The second kappa shape index (κ2) is 6.48. The van der Waals surface area contributed by atoms with Gasteiger partial charge in [-0.1, -0.05) is 6.92 Å². The standard InChI is InChI=1S/C10H16N4O5S/c1-2-8-12-5-9(13-8)20(18,19)14-6(10(16)17)3-4-7(11)15/h5-6,14H,2-4H2,1H3,(H2,11,15)(H,12,13)(H,16,17). The van der Waals surface area contributed by atoms with Crippen LogP contribution in [0.25, 0.3) is 0 Å². The SMILES string of the molecule is CCc1ncc(S(=O)(=O)NC(CCC(N)=O)C(=O)O)[nH]1. The maximum Gasteiger partial charge on any atom is 0.321 e. The van der Waals surface area contributed by atoms with Gasteiger partial charge in [-0.3, -0.25) is 9.59 Å². The molecule has 10 heteroatoms. The third-order valence-electron chi connectivity index (χ3n) is 2.50. The van der Waals surface area contributed by atoms with Crippen LogP contribution in [0.1, 0.15) is 25.6 Å². The van der Waals surface area contributed by atoms with Crippen molar-refractivity contribution in [1.82, 2.24) is 14.7 Å². The monoisotopic (exact) mass is 304 g/mol. The smallest absolute Gasteiger partial charge is 0.321 e.